The Labute approximate surface area is 87.1 Å². The van der Waals surface area contributed by atoms with E-state index in [-0.39, 0.29) is 5.69 Å². The van der Waals surface area contributed by atoms with Crippen molar-refractivity contribution >= 4 is 10.9 Å². The van der Waals surface area contributed by atoms with Crippen molar-refractivity contribution in [2.45, 2.75) is 13.3 Å². The summed E-state index contributed by atoms with van der Waals surface area (Å²) in [6.45, 7) is 2.50. The monoisotopic (exact) mass is 204 g/mol. The van der Waals surface area contributed by atoms with Crippen molar-refractivity contribution in [1.82, 2.24) is 9.71 Å². The maximum atomic E-state index is 11.5. The molecule has 0 aliphatic carbocycles. The summed E-state index contributed by atoms with van der Waals surface area (Å²) in [5.74, 6) is 0. The molecule has 0 amide bonds. The third-order valence-electron chi connectivity index (χ3n) is 2.07. The number of nitrogens with zero attached hydrogens (tertiary/aromatic N) is 2. The number of hydrogen-bond acceptors (Lipinski definition) is 3. The zero-order valence-electron chi connectivity index (χ0n) is 8.51. The minimum Gasteiger partial charge on any atom is -0.409 e. The molecule has 1 aromatic heterocycles. The summed E-state index contributed by atoms with van der Waals surface area (Å²) in [5, 5.41) is 0.896. The van der Waals surface area contributed by atoms with Crippen LogP contribution in [0.2, 0.25) is 0 Å². The van der Waals surface area contributed by atoms with Crippen molar-refractivity contribution in [3.8, 4) is 0 Å². The zero-order valence-corrected chi connectivity index (χ0v) is 8.51. The second-order valence-corrected chi connectivity index (χ2v) is 3.23. The smallest absolute Gasteiger partial charge is 0.381 e. The Bertz CT molecular complexity index is 519. The molecule has 4 nitrogen and oxygen atoms in total. The van der Waals surface area contributed by atoms with Gasteiger partial charge in [0, 0.05) is 11.6 Å². The first-order valence-corrected chi connectivity index (χ1v) is 4.93. The number of benzene rings is 1. The van der Waals surface area contributed by atoms with Gasteiger partial charge in [-0.2, -0.15) is 4.98 Å². The lowest BCUT2D eigenvalue weighted by molar-refractivity contribution is 0.109. The molecule has 0 bridgehead atoms. The number of para-hydroxylation sites is 1. The molecule has 0 atom stereocenters. The third-order valence-corrected chi connectivity index (χ3v) is 2.07. The van der Waals surface area contributed by atoms with Crippen LogP contribution in [0.3, 0.4) is 0 Å². The van der Waals surface area contributed by atoms with Crippen LogP contribution >= 0.6 is 0 Å². The fourth-order valence-corrected chi connectivity index (χ4v) is 1.37. The number of rotatable bonds is 3. The van der Waals surface area contributed by atoms with Gasteiger partial charge in [-0.15, -0.1) is 4.73 Å². The molecule has 0 unspecified atom stereocenters. The van der Waals surface area contributed by atoms with Crippen LogP contribution in [0, 0.1) is 0 Å². The molecule has 2 aromatic rings. The summed E-state index contributed by atoms with van der Waals surface area (Å²) >= 11 is 0. The normalized spacial score (nSPS) is 10.5. The summed E-state index contributed by atoms with van der Waals surface area (Å²) in [5.41, 5.74) is 0.383. The van der Waals surface area contributed by atoms with Crippen LogP contribution in [-0.4, -0.2) is 16.3 Å². The van der Waals surface area contributed by atoms with Gasteiger partial charge in [0.25, 0.3) is 0 Å². The molecule has 0 saturated carbocycles. The van der Waals surface area contributed by atoms with Gasteiger partial charge in [0.2, 0.25) is 0 Å². The Morgan fingerprint density at radius 3 is 3.00 bits per heavy atom. The van der Waals surface area contributed by atoms with Crippen LogP contribution in [0.15, 0.2) is 35.3 Å². The van der Waals surface area contributed by atoms with E-state index < -0.39 is 0 Å². The molecule has 0 radical (unpaired) electrons. The topological polar surface area (TPSA) is 44.1 Å². The molecular formula is C11H12N2O2. The molecule has 2 rings (SSSR count). The van der Waals surface area contributed by atoms with Crippen molar-refractivity contribution < 1.29 is 4.84 Å². The van der Waals surface area contributed by atoms with Crippen LogP contribution in [-0.2, 0) is 0 Å². The second-order valence-electron chi connectivity index (χ2n) is 3.23. The SMILES string of the molecule is CCCOn1c(=O)ncc2ccccc21. The highest BCUT2D eigenvalue weighted by Gasteiger charge is 2.03. The van der Waals surface area contributed by atoms with Gasteiger partial charge < -0.3 is 4.84 Å². The van der Waals surface area contributed by atoms with Crippen molar-refractivity contribution in [3.63, 3.8) is 0 Å². The minimum atomic E-state index is -0.373. The molecule has 1 aromatic carbocycles. The molecule has 0 N–H and O–H groups in total. The van der Waals surface area contributed by atoms with Crippen molar-refractivity contribution in [2.75, 3.05) is 6.61 Å². The predicted molar refractivity (Wildman–Crippen MR) is 57.7 cm³/mol. The van der Waals surface area contributed by atoms with Crippen LogP contribution < -0.4 is 10.5 Å². The van der Waals surface area contributed by atoms with E-state index in [4.69, 9.17) is 4.84 Å². The van der Waals surface area contributed by atoms with Gasteiger partial charge in [0.1, 0.15) is 6.61 Å². The van der Waals surface area contributed by atoms with E-state index in [0.29, 0.717) is 6.61 Å². The standard InChI is InChI=1S/C11H12N2O2/c1-2-7-15-13-10-6-4-3-5-9(10)8-12-11(13)14/h3-6,8H,2,7H2,1H3. The Hall–Kier alpha value is -1.84. The van der Waals surface area contributed by atoms with Crippen molar-refractivity contribution in [2.24, 2.45) is 0 Å². The molecule has 0 aliphatic rings. The molecule has 4 heteroatoms. The van der Waals surface area contributed by atoms with Gasteiger partial charge in [0.05, 0.1) is 5.52 Å². The highest BCUT2D eigenvalue weighted by atomic mass is 16.7. The molecule has 1 heterocycles. The molecule has 15 heavy (non-hydrogen) atoms. The molecule has 0 aliphatic heterocycles. The fraction of sp³-hybridized carbons (Fsp3) is 0.273. The van der Waals surface area contributed by atoms with Gasteiger partial charge in [-0.1, -0.05) is 25.1 Å². The van der Waals surface area contributed by atoms with Crippen molar-refractivity contribution in [3.05, 3.63) is 40.9 Å². The maximum absolute atomic E-state index is 11.5. The largest absolute Gasteiger partial charge is 0.409 e. The summed E-state index contributed by atoms with van der Waals surface area (Å²) in [4.78, 5) is 20.5. The predicted octanol–water partition coefficient (Wildman–Crippen LogP) is 1.24. The Morgan fingerprint density at radius 1 is 1.40 bits per heavy atom. The minimum absolute atomic E-state index is 0.373. The summed E-state index contributed by atoms with van der Waals surface area (Å²) in [7, 11) is 0. The number of aromatic nitrogens is 2. The molecule has 0 fully saturated rings. The lowest BCUT2D eigenvalue weighted by atomic mass is 10.2. The van der Waals surface area contributed by atoms with Gasteiger partial charge in [0.15, 0.2) is 0 Å². The first-order chi connectivity index (χ1) is 7.33. The van der Waals surface area contributed by atoms with E-state index in [1.807, 2.05) is 31.2 Å². The van der Waals surface area contributed by atoms with E-state index in [2.05, 4.69) is 4.98 Å². The number of fused-ring (bicyclic) bond motifs is 1. The zero-order chi connectivity index (χ0) is 10.7. The Kier molecular flexibility index (Phi) is 2.67. The van der Waals surface area contributed by atoms with Gasteiger partial charge in [-0.05, 0) is 12.5 Å². The lowest BCUT2D eigenvalue weighted by Gasteiger charge is -2.09. The van der Waals surface area contributed by atoms with Gasteiger partial charge >= 0.3 is 5.69 Å². The van der Waals surface area contributed by atoms with E-state index in [1.54, 1.807) is 6.20 Å². The highest BCUT2D eigenvalue weighted by molar-refractivity contribution is 5.77. The summed E-state index contributed by atoms with van der Waals surface area (Å²) < 4.78 is 1.25. The van der Waals surface area contributed by atoms with E-state index in [9.17, 15) is 4.79 Å². The van der Waals surface area contributed by atoms with Crippen LogP contribution in [0.4, 0.5) is 0 Å². The fourth-order valence-electron chi connectivity index (χ4n) is 1.37. The Morgan fingerprint density at radius 2 is 2.20 bits per heavy atom. The first kappa shape index (κ1) is 9.71. The highest BCUT2D eigenvalue weighted by Crippen LogP contribution is 2.08. The lowest BCUT2D eigenvalue weighted by Crippen LogP contribution is -2.29. The summed E-state index contributed by atoms with van der Waals surface area (Å²) in [6.07, 6.45) is 2.42. The second kappa shape index (κ2) is 4.13. The molecule has 78 valence electrons. The van der Waals surface area contributed by atoms with E-state index in [0.717, 1.165) is 17.3 Å². The van der Waals surface area contributed by atoms with Crippen LogP contribution in [0.25, 0.3) is 10.9 Å². The summed E-state index contributed by atoms with van der Waals surface area (Å²) in [6, 6.07) is 7.51. The van der Waals surface area contributed by atoms with E-state index in [1.165, 1.54) is 4.73 Å². The average molecular weight is 204 g/mol. The molecule has 0 spiro atoms. The quantitative estimate of drug-likeness (QED) is 0.755. The van der Waals surface area contributed by atoms with Crippen molar-refractivity contribution in [1.29, 1.82) is 0 Å². The van der Waals surface area contributed by atoms with Gasteiger partial charge in [-0.25, -0.2) is 4.79 Å². The molecular weight excluding hydrogens is 192 g/mol. The first-order valence-electron chi connectivity index (χ1n) is 4.93. The average Bonchev–Trinajstić information content (AvgIpc) is 2.28. The van der Waals surface area contributed by atoms with Crippen LogP contribution in [0.5, 0.6) is 0 Å². The Balaban J connectivity index is 2.58. The maximum Gasteiger partial charge on any atom is 0.381 e. The number of hydrogen-bond donors (Lipinski definition) is 0. The van der Waals surface area contributed by atoms with Crippen LogP contribution in [0.1, 0.15) is 13.3 Å². The van der Waals surface area contributed by atoms with Gasteiger partial charge in [-0.3, -0.25) is 0 Å². The van der Waals surface area contributed by atoms with E-state index >= 15 is 0 Å². The third kappa shape index (κ3) is 1.83. The molecule has 0 saturated heterocycles.